The average Bonchev–Trinajstić information content (AvgIpc) is 3.04. The minimum atomic E-state index is 0.0876. The fraction of sp³-hybridized carbons (Fsp3) is 0.346. The summed E-state index contributed by atoms with van der Waals surface area (Å²) in [6.07, 6.45) is 6.67. The number of nitrogens with zero attached hydrogens (tertiary/aromatic N) is 2. The van der Waals surface area contributed by atoms with Crippen LogP contribution in [0, 0.1) is 5.92 Å². The molecule has 0 aliphatic carbocycles. The number of rotatable bonds is 6. The van der Waals surface area contributed by atoms with Crippen molar-refractivity contribution in [2.45, 2.75) is 43.8 Å². The van der Waals surface area contributed by atoms with Crippen LogP contribution in [0.3, 0.4) is 0 Å². The minimum absolute atomic E-state index is 0.0876. The van der Waals surface area contributed by atoms with Crippen LogP contribution < -0.4 is 5.32 Å². The Kier molecular flexibility index (Phi) is 6.17. The molecule has 160 valence electrons. The molecule has 2 aromatic carbocycles. The highest BCUT2D eigenvalue weighted by atomic mass is 35.5. The Morgan fingerprint density at radius 3 is 1.97 bits per heavy atom. The standard InChI is InChI=1S/C26H27Cl2N3/c27-23-9-3-1-7-21(23)26(22-8-2-4-10-24(22)28)31-19-12-13-20(31)16-18(15-19)17-30-25-11-5-6-14-29-25/h1-11,14,18-20,26H,12-13,15-17H2,(H,29,30). The third-order valence-electron chi connectivity index (χ3n) is 6.82. The number of nitrogens with one attached hydrogen (secondary N) is 1. The van der Waals surface area contributed by atoms with Crippen molar-refractivity contribution in [2.24, 2.45) is 5.92 Å². The zero-order valence-corrected chi connectivity index (χ0v) is 18.9. The lowest BCUT2D eigenvalue weighted by Gasteiger charge is -2.44. The van der Waals surface area contributed by atoms with Gasteiger partial charge in [0, 0.05) is 34.9 Å². The predicted octanol–water partition coefficient (Wildman–Crippen LogP) is 6.83. The molecule has 2 atom stereocenters. The van der Waals surface area contributed by atoms with Crippen LogP contribution in [0.5, 0.6) is 0 Å². The van der Waals surface area contributed by atoms with Gasteiger partial charge in [-0.2, -0.15) is 0 Å². The van der Waals surface area contributed by atoms with Crippen LogP contribution in [0.15, 0.2) is 72.9 Å². The van der Waals surface area contributed by atoms with Gasteiger partial charge in [-0.25, -0.2) is 4.98 Å². The van der Waals surface area contributed by atoms with Gasteiger partial charge in [-0.1, -0.05) is 65.7 Å². The summed E-state index contributed by atoms with van der Waals surface area (Å²) in [5.74, 6) is 1.61. The van der Waals surface area contributed by atoms with Gasteiger partial charge < -0.3 is 5.32 Å². The fourth-order valence-corrected chi connectivity index (χ4v) is 5.99. The summed E-state index contributed by atoms with van der Waals surface area (Å²) in [6.45, 7) is 0.973. The van der Waals surface area contributed by atoms with E-state index in [0.29, 0.717) is 18.0 Å². The molecule has 2 bridgehead atoms. The molecule has 0 amide bonds. The Morgan fingerprint density at radius 2 is 1.42 bits per heavy atom. The maximum atomic E-state index is 6.72. The lowest BCUT2D eigenvalue weighted by atomic mass is 9.86. The van der Waals surface area contributed by atoms with Gasteiger partial charge in [0.05, 0.1) is 6.04 Å². The number of hydrogen-bond acceptors (Lipinski definition) is 3. The van der Waals surface area contributed by atoms with Gasteiger partial charge in [0.25, 0.3) is 0 Å². The quantitative estimate of drug-likeness (QED) is 0.444. The zero-order chi connectivity index (χ0) is 21.2. The topological polar surface area (TPSA) is 28.2 Å². The minimum Gasteiger partial charge on any atom is -0.370 e. The third-order valence-corrected chi connectivity index (χ3v) is 7.51. The Labute approximate surface area is 194 Å². The molecule has 2 saturated heterocycles. The number of piperidine rings is 1. The lowest BCUT2D eigenvalue weighted by Crippen LogP contribution is -2.46. The molecular weight excluding hydrogens is 425 g/mol. The van der Waals surface area contributed by atoms with Gasteiger partial charge in [-0.15, -0.1) is 0 Å². The smallest absolute Gasteiger partial charge is 0.125 e. The largest absolute Gasteiger partial charge is 0.370 e. The molecule has 5 rings (SSSR count). The van der Waals surface area contributed by atoms with Crippen LogP contribution in [0.2, 0.25) is 10.0 Å². The first-order chi connectivity index (χ1) is 15.2. The van der Waals surface area contributed by atoms with Crippen LogP contribution in [-0.4, -0.2) is 28.5 Å². The number of benzene rings is 2. The molecule has 1 aromatic heterocycles. The maximum absolute atomic E-state index is 6.72. The van der Waals surface area contributed by atoms with E-state index in [1.807, 2.05) is 48.7 Å². The summed E-state index contributed by atoms with van der Waals surface area (Å²) in [5, 5.41) is 5.16. The molecule has 3 aromatic rings. The highest BCUT2D eigenvalue weighted by molar-refractivity contribution is 6.32. The Balaban J connectivity index is 1.41. The fourth-order valence-electron chi connectivity index (χ4n) is 5.51. The van der Waals surface area contributed by atoms with Gasteiger partial charge in [-0.3, -0.25) is 4.90 Å². The summed E-state index contributed by atoms with van der Waals surface area (Å²) in [7, 11) is 0. The molecule has 2 fully saturated rings. The lowest BCUT2D eigenvalue weighted by molar-refractivity contribution is 0.0777. The van der Waals surface area contributed by atoms with Crippen molar-refractivity contribution in [3.05, 3.63) is 94.1 Å². The maximum Gasteiger partial charge on any atom is 0.125 e. The second-order valence-electron chi connectivity index (χ2n) is 8.71. The van der Waals surface area contributed by atoms with Gasteiger partial charge >= 0.3 is 0 Å². The number of anilines is 1. The zero-order valence-electron chi connectivity index (χ0n) is 17.4. The number of halogens is 2. The molecule has 3 heterocycles. The molecule has 2 aliphatic heterocycles. The second kappa shape index (κ2) is 9.20. The van der Waals surface area contributed by atoms with Gasteiger partial charge in [0.2, 0.25) is 0 Å². The van der Waals surface area contributed by atoms with E-state index in [1.54, 1.807) is 0 Å². The molecule has 31 heavy (non-hydrogen) atoms. The molecule has 2 unspecified atom stereocenters. The van der Waals surface area contributed by atoms with Crippen LogP contribution in [0.25, 0.3) is 0 Å². The van der Waals surface area contributed by atoms with Crippen molar-refractivity contribution in [1.82, 2.24) is 9.88 Å². The summed E-state index contributed by atoms with van der Waals surface area (Å²) in [5.41, 5.74) is 2.30. The SMILES string of the molecule is Clc1ccccc1C(c1ccccc1Cl)N1C2CCC1CC(CNc1ccccn1)C2. The molecule has 0 saturated carbocycles. The van der Waals surface area contributed by atoms with Crippen LogP contribution in [0.1, 0.15) is 42.9 Å². The summed E-state index contributed by atoms with van der Waals surface area (Å²) in [6, 6.07) is 23.6. The van der Waals surface area contributed by atoms with Crippen molar-refractivity contribution >= 4 is 29.0 Å². The number of hydrogen-bond donors (Lipinski definition) is 1. The van der Waals surface area contributed by atoms with Crippen molar-refractivity contribution in [3.63, 3.8) is 0 Å². The molecule has 5 heteroatoms. The highest BCUT2D eigenvalue weighted by Crippen LogP contribution is 2.48. The van der Waals surface area contributed by atoms with E-state index < -0.39 is 0 Å². The summed E-state index contributed by atoms with van der Waals surface area (Å²) < 4.78 is 0. The van der Waals surface area contributed by atoms with Crippen molar-refractivity contribution in [2.75, 3.05) is 11.9 Å². The van der Waals surface area contributed by atoms with Crippen molar-refractivity contribution in [1.29, 1.82) is 0 Å². The Hall–Kier alpha value is -2.07. The van der Waals surface area contributed by atoms with Gasteiger partial charge in [0.15, 0.2) is 0 Å². The van der Waals surface area contributed by atoms with Crippen LogP contribution in [0.4, 0.5) is 5.82 Å². The molecule has 0 radical (unpaired) electrons. The number of fused-ring (bicyclic) bond motifs is 2. The Bertz CT molecular complexity index is 966. The van der Waals surface area contributed by atoms with Crippen molar-refractivity contribution < 1.29 is 0 Å². The third kappa shape index (κ3) is 4.32. The predicted molar refractivity (Wildman–Crippen MR) is 129 cm³/mol. The van der Waals surface area contributed by atoms with E-state index in [-0.39, 0.29) is 6.04 Å². The second-order valence-corrected chi connectivity index (χ2v) is 9.53. The highest BCUT2D eigenvalue weighted by Gasteiger charge is 2.45. The number of pyridine rings is 1. The molecule has 0 spiro atoms. The normalized spacial score (nSPS) is 23.3. The van der Waals surface area contributed by atoms with E-state index in [9.17, 15) is 0 Å². The molecule has 1 N–H and O–H groups in total. The van der Waals surface area contributed by atoms with E-state index in [2.05, 4.69) is 39.5 Å². The average molecular weight is 452 g/mol. The molecular formula is C26H27Cl2N3. The van der Waals surface area contributed by atoms with Gasteiger partial charge in [-0.05, 0) is 67.0 Å². The molecule has 3 nitrogen and oxygen atoms in total. The summed E-state index contributed by atoms with van der Waals surface area (Å²) in [4.78, 5) is 7.12. The van der Waals surface area contributed by atoms with Crippen molar-refractivity contribution in [3.8, 4) is 0 Å². The van der Waals surface area contributed by atoms with E-state index in [0.717, 1.165) is 33.5 Å². The van der Waals surface area contributed by atoms with Crippen LogP contribution >= 0.6 is 23.2 Å². The monoisotopic (exact) mass is 451 g/mol. The molecule has 2 aliphatic rings. The van der Waals surface area contributed by atoms with E-state index in [1.165, 1.54) is 25.7 Å². The van der Waals surface area contributed by atoms with Crippen LogP contribution in [-0.2, 0) is 0 Å². The first-order valence-electron chi connectivity index (χ1n) is 11.1. The van der Waals surface area contributed by atoms with E-state index in [4.69, 9.17) is 23.2 Å². The summed E-state index contributed by atoms with van der Waals surface area (Å²) >= 11 is 13.4. The van der Waals surface area contributed by atoms with E-state index >= 15 is 0 Å². The number of aromatic nitrogens is 1. The first-order valence-corrected chi connectivity index (χ1v) is 11.9. The van der Waals surface area contributed by atoms with Gasteiger partial charge in [0.1, 0.15) is 5.82 Å². The Morgan fingerprint density at radius 1 is 0.839 bits per heavy atom. The first kappa shape index (κ1) is 20.8.